The maximum Gasteiger partial charge on any atom is 0.164 e. The van der Waals surface area contributed by atoms with Gasteiger partial charge in [0, 0.05) is 30.1 Å². The van der Waals surface area contributed by atoms with E-state index in [0.29, 0.717) is 6.42 Å². The molecule has 3 nitrogen and oxygen atoms in total. The fourth-order valence-corrected chi connectivity index (χ4v) is 2.34. The molecule has 1 aliphatic carbocycles. The summed E-state index contributed by atoms with van der Waals surface area (Å²) >= 11 is 0. The van der Waals surface area contributed by atoms with Gasteiger partial charge in [-0.1, -0.05) is 6.07 Å². The second kappa shape index (κ2) is 3.84. The number of fused-ring (bicyclic) bond motifs is 1. The minimum Gasteiger partial charge on any atom is -0.305 e. The van der Waals surface area contributed by atoms with Crippen molar-refractivity contribution in [3.05, 3.63) is 47.4 Å². The molecule has 2 aromatic heterocycles. The van der Waals surface area contributed by atoms with Gasteiger partial charge in [0.2, 0.25) is 0 Å². The second-order valence-electron chi connectivity index (χ2n) is 4.52. The Morgan fingerprint density at radius 3 is 2.88 bits per heavy atom. The average molecular weight is 226 g/mol. The molecule has 0 aliphatic heterocycles. The predicted octanol–water partition coefficient (Wildman–Crippen LogP) is 2.70. The number of carbonyl (C=O) groups is 1. The molecule has 0 saturated carbocycles. The molecule has 0 radical (unpaired) electrons. The lowest BCUT2D eigenvalue weighted by Gasteiger charge is -2.14. The molecule has 17 heavy (non-hydrogen) atoms. The molecule has 2 heterocycles. The van der Waals surface area contributed by atoms with Gasteiger partial charge in [0.05, 0.1) is 0 Å². The molecule has 0 unspecified atom stereocenters. The first-order chi connectivity index (χ1) is 8.25. The number of ketones is 1. The van der Waals surface area contributed by atoms with Crippen LogP contribution in [0.1, 0.15) is 34.5 Å². The zero-order valence-electron chi connectivity index (χ0n) is 9.81. The summed E-state index contributed by atoms with van der Waals surface area (Å²) < 4.78 is 2.03. The number of Topliss-reactive ketones (excluding diaryl/α,β-unsaturated/α-hetero) is 1. The first-order valence-corrected chi connectivity index (χ1v) is 5.92. The van der Waals surface area contributed by atoms with Crippen LogP contribution in [0.2, 0.25) is 0 Å². The van der Waals surface area contributed by atoms with Crippen LogP contribution in [-0.4, -0.2) is 15.3 Å². The predicted molar refractivity (Wildman–Crippen MR) is 65.6 cm³/mol. The first-order valence-electron chi connectivity index (χ1n) is 5.92. The van der Waals surface area contributed by atoms with Gasteiger partial charge in [-0.3, -0.25) is 4.79 Å². The summed E-state index contributed by atoms with van der Waals surface area (Å²) in [5.74, 6) is 1.16. The van der Waals surface area contributed by atoms with Crippen molar-refractivity contribution in [1.82, 2.24) is 9.55 Å². The van der Waals surface area contributed by atoms with Crippen molar-refractivity contribution < 1.29 is 4.79 Å². The highest BCUT2D eigenvalue weighted by Crippen LogP contribution is 2.24. The Labute approximate surface area is 100 Å². The number of hydrogen-bond donors (Lipinski definition) is 0. The van der Waals surface area contributed by atoms with Gasteiger partial charge in [-0.05, 0) is 37.5 Å². The smallest absolute Gasteiger partial charge is 0.164 e. The molecule has 3 rings (SSSR count). The van der Waals surface area contributed by atoms with Crippen LogP contribution in [0, 0.1) is 6.92 Å². The zero-order valence-corrected chi connectivity index (χ0v) is 9.81. The largest absolute Gasteiger partial charge is 0.305 e. The average Bonchev–Trinajstić information content (AvgIpc) is 2.75. The van der Waals surface area contributed by atoms with Crippen LogP contribution >= 0.6 is 0 Å². The first kappa shape index (κ1) is 10.3. The zero-order chi connectivity index (χ0) is 11.8. The maximum absolute atomic E-state index is 11.8. The number of pyridine rings is 1. The molecule has 1 aliphatic rings. The topological polar surface area (TPSA) is 34.9 Å². The number of carbonyl (C=O) groups excluding carboxylic acids is 1. The Morgan fingerprint density at radius 1 is 1.24 bits per heavy atom. The third kappa shape index (κ3) is 1.68. The van der Waals surface area contributed by atoms with Crippen LogP contribution in [0.25, 0.3) is 5.82 Å². The normalized spacial score (nSPS) is 14.8. The van der Waals surface area contributed by atoms with E-state index in [1.54, 1.807) is 0 Å². The molecule has 2 aromatic rings. The van der Waals surface area contributed by atoms with Crippen LogP contribution in [0.5, 0.6) is 0 Å². The molecule has 0 N–H and O–H groups in total. The van der Waals surface area contributed by atoms with E-state index >= 15 is 0 Å². The van der Waals surface area contributed by atoms with Crippen molar-refractivity contribution in [2.24, 2.45) is 0 Å². The van der Waals surface area contributed by atoms with Gasteiger partial charge in [0.15, 0.2) is 5.78 Å². The van der Waals surface area contributed by atoms with Crippen LogP contribution in [-0.2, 0) is 6.42 Å². The fraction of sp³-hybridized carbons (Fsp3) is 0.286. The maximum atomic E-state index is 11.8. The molecule has 0 atom stereocenters. The Hall–Kier alpha value is -1.90. The second-order valence-corrected chi connectivity index (χ2v) is 4.52. The molecule has 0 spiro atoms. The van der Waals surface area contributed by atoms with Gasteiger partial charge < -0.3 is 4.57 Å². The van der Waals surface area contributed by atoms with E-state index in [-0.39, 0.29) is 5.78 Å². The summed E-state index contributed by atoms with van der Waals surface area (Å²) in [6.07, 6.45) is 6.39. The summed E-state index contributed by atoms with van der Waals surface area (Å²) in [5.41, 5.74) is 3.13. The summed E-state index contributed by atoms with van der Waals surface area (Å²) in [6, 6.07) is 5.95. The Balaban J connectivity index is 2.10. The molecular formula is C14H14N2O. The van der Waals surface area contributed by atoms with E-state index < -0.39 is 0 Å². The van der Waals surface area contributed by atoms with E-state index in [1.807, 2.05) is 42.1 Å². The van der Waals surface area contributed by atoms with E-state index in [9.17, 15) is 4.79 Å². The van der Waals surface area contributed by atoms with Gasteiger partial charge in [0.1, 0.15) is 5.82 Å². The molecule has 0 fully saturated rings. The Kier molecular flexibility index (Phi) is 2.32. The quantitative estimate of drug-likeness (QED) is 0.749. The summed E-state index contributed by atoms with van der Waals surface area (Å²) in [6.45, 7) is 2.02. The minimum atomic E-state index is 0.261. The highest BCUT2D eigenvalue weighted by atomic mass is 16.1. The summed E-state index contributed by atoms with van der Waals surface area (Å²) in [7, 11) is 0. The van der Waals surface area contributed by atoms with Gasteiger partial charge in [0.25, 0.3) is 0 Å². The van der Waals surface area contributed by atoms with Crippen molar-refractivity contribution in [3.8, 4) is 5.82 Å². The van der Waals surface area contributed by atoms with Crippen molar-refractivity contribution in [2.45, 2.75) is 26.2 Å². The minimum absolute atomic E-state index is 0.261. The number of aryl methyl sites for hydroxylation is 1. The highest BCUT2D eigenvalue weighted by molar-refractivity contribution is 5.98. The van der Waals surface area contributed by atoms with E-state index in [0.717, 1.165) is 35.5 Å². The lowest BCUT2D eigenvalue weighted by Crippen LogP contribution is -2.12. The molecule has 0 bridgehead atoms. The van der Waals surface area contributed by atoms with Gasteiger partial charge in [-0.15, -0.1) is 0 Å². The van der Waals surface area contributed by atoms with Crippen LogP contribution < -0.4 is 0 Å². The van der Waals surface area contributed by atoms with E-state index in [2.05, 4.69) is 4.98 Å². The Bertz CT molecular complexity index is 566. The fourth-order valence-electron chi connectivity index (χ4n) is 2.34. The molecule has 0 amide bonds. The molecular weight excluding hydrogens is 212 g/mol. The van der Waals surface area contributed by atoms with Gasteiger partial charge in [-0.25, -0.2) is 4.98 Å². The lowest BCUT2D eigenvalue weighted by atomic mass is 9.97. The number of nitrogens with zero attached hydrogens (tertiary/aromatic N) is 2. The van der Waals surface area contributed by atoms with Crippen molar-refractivity contribution >= 4 is 5.78 Å². The lowest BCUT2D eigenvalue weighted by molar-refractivity contribution is 0.0972. The molecule has 0 saturated heterocycles. The van der Waals surface area contributed by atoms with E-state index in [1.165, 1.54) is 0 Å². The van der Waals surface area contributed by atoms with Gasteiger partial charge in [-0.2, -0.15) is 0 Å². The number of hydrogen-bond acceptors (Lipinski definition) is 2. The third-order valence-electron chi connectivity index (χ3n) is 3.25. The molecule has 0 aromatic carbocycles. The third-order valence-corrected chi connectivity index (χ3v) is 3.25. The highest BCUT2D eigenvalue weighted by Gasteiger charge is 2.21. The molecule has 86 valence electrons. The van der Waals surface area contributed by atoms with Crippen LogP contribution in [0.4, 0.5) is 0 Å². The standard InChI is InChI=1S/C14H14N2O/c1-10-5-6-14(15-9-10)16-8-7-11-12(16)3-2-4-13(11)17/h5-9H,2-4H2,1H3. The molecule has 3 heteroatoms. The van der Waals surface area contributed by atoms with Crippen LogP contribution in [0.15, 0.2) is 30.6 Å². The summed E-state index contributed by atoms with van der Waals surface area (Å²) in [5, 5.41) is 0. The van der Waals surface area contributed by atoms with E-state index in [4.69, 9.17) is 0 Å². The SMILES string of the molecule is Cc1ccc(-n2ccc3c2CCCC3=O)nc1. The number of rotatable bonds is 1. The monoisotopic (exact) mass is 226 g/mol. The van der Waals surface area contributed by atoms with Crippen molar-refractivity contribution in [2.75, 3.05) is 0 Å². The van der Waals surface area contributed by atoms with Crippen molar-refractivity contribution in [3.63, 3.8) is 0 Å². The number of aromatic nitrogens is 2. The summed E-state index contributed by atoms with van der Waals surface area (Å²) in [4.78, 5) is 16.2. The van der Waals surface area contributed by atoms with Crippen LogP contribution in [0.3, 0.4) is 0 Å². The Morgan fingerprint density at radius 2 is 2.12 bits per heavy atom. The van der Waals surface area contributed by atoms with Gasteiger partial charge >= 0.3 is 0 Å². The van der Waals surface area contributed by atoms with Crippen molar-refractivity contribution in [1.29, 1.82) is 0 Å².